The van der Waals surface area contributed by atoms with Gasteiger partial charge >= 0.3 is 0 Å². The molecule has 17 heavy (non-hydrogen) atoms. The normalized spacial score (nSPS) is 15.7. The number of Topliss-reactive ketones (excluding diaryl/α,β-unsaturated/α-hetero) is 1. The maximum atomic E-state index is 11.5. The number of pyridine rings is 1. The van der Waals surface area contributed by atoms with Crippen molar-refractivity contribution in [2.24, 2.45) is 0 Å². The Labute approximate surface area is 99.8 Å². The van der Waals surface area contributed by atoms with Crippen molar-refractivity contribution in [1.82, 2.24) is 9.61 Å². The van der Waals surface area contributed by atoms with Gasteiger partial charge in [-0.3, -0.25) is 4.79 Å². The fourth-order valence-corrected chi connectivity index (χ4v) is 2.41. The number of rotatable bonds is 2. The molecule has 0 aliphatic carbocycles. The highest BCUT2D eigenvalue weighted by Crippen LogP contribution is 2.23. The Balaban J connectivity index is 2.09. The lowest BCUT2D eigenvalue weighted by molar-refractivity contribution is 0.101. The summed E-state index contributed by atoms with van der Waals surface area (Å²) in [6.07, 6.45) is 6.08. The van der Waals surface area contributed by atoms with E-state index in [1.807, 2.05) is 6.20 Å². The molecule has 2 aromatic rings. The van der Waals surface area contributed by atoms with Gasteiger partial charge in [-0.2, -0.15) is 5.10 Å². The molecule has 1 aliphatic heterocycles. The number of hydrogen-bond donors (Lipinski definition) is 0. The van der Waals surface area contributed by atoms with E-state index in [1.54, 1.807) is 17.6 Å². The highest BCUT2D eigenvalue weighted by atomic mass is 16.1. The minimum Gasteiger partial charge on any atom is -0.371 e. The summed E-state index contributed by atoms with van der Waals surface area (Å²) in [5.41, 5.74) is 2.80. The van der Waals surface area contributed by atoms with Crippen LogP contribution in [0.15, 0.2) is 24.5 Å². The molecule has 0 saturated carbocycles. The molecule has 0 atom stereocenters. The van der Waals surface area contributed by atoms with Gasteiger partial charge in [0.15, 0.2) is 5.78 Å². The average molecular weight is 229 g/mol. The minimum atomic E-state index is 0.0681. The van der Waals surface area contributed by atoms with Gasteiger partial charge in [0.1, 0.15) is 0 Å². The monoisotopic (exact) mass is 229 g/mol. The predicted molar refractivity (Wildman–Crippen MR) is 66.6 cm³/mol. The number of hydrogen-bond acceptors (Lipinski definition) is 3. The molecule has 4 heteroatoms. The van der Waals surface area contributed by atoms with E-state index in [0.29, 0.717) is 5.56 Å². The van der Waals surface area contributed by atoms with Crippen LogP contribution in [0.1, 0.15) is 30.1 Å². The van der Waals surface area contributed by atoms with Gasteiger partial charge in [0.2, 0.25) is 0 Å². The number of aromatic nitrogens is 2. The van der Waals surface area contributed by atoms with E-state index in [2.05, 4.69) is 22.1 Å². The van der Waals surface area contributed by atoms with Gasteiger partial charge < -0.3 is 4.90 Å². The van der Waals surface area contributed by atoms with Crippen molar-refractivity contribution in [3.05, 3.63) is 30.1 Å². The number of nitrogens with zero attached hydrogens (tertiary/aromatic N) is 3. The van der Waals surface area contributed by atoms with Crippen molar-refractivity contribution in [3.8, 4) is 0 Å². The Hall–Kier alpha value is -1.84. The van der Waals surface area contributed by atoms with E-state index in [-0.39, 0.29) is 5.78 Å². The molecule has 1 aliphatic rings. The molecule has 1 fully saturated rings. The summed E-state index contributed by atoms with van der Waals surface area (Å²) in [4.78, 5) is 13.8. The zero-order valence-corrected chi connectivity index (χ0v) is 9.89. The Kier molecular flexibility index (Phi) is 2.35. The van der Waals surface area contributed by atoms with E-state index in [1.165, 1.54) is 18.5 Å². The van der Waals surface area contributed by atoms with Gasteiger partial charge in [-0.1, -0.05) is 0 Å². The Bertz CT molecular complexity index is 567. The summed E-state index contributed by atoms with van der Waals surface area (Å²) in [7, 11) is 0. The number of anilines is 1. The molecule has 0 spiro atoms. The van der Waals surface area contributed by atoms with Gasteiger partial charge in [-0.25, -0.2) is 4.52 Å². The first kappa shape index (κ1) is 10.3. The topological polar surface area (TPSA) is 37.6 Å². The van der Waals surface area contributed by atoms with Crippen LogP contribution < -0.4 is 4.90 Å². The number of carbonyl (C=O) groups excluding carboxylic acids is 1. The molecule has 0 amide bonds. The summed E-state index contributed by atoms with van der Waals surface area (Å²) in [6.45, 7) is 3.80. The van der Waals surface area contributed by atoms with Crippen molar-refractivity contribution in [2.75, 3.05) is 18.0 Å². The highest BCUT2D eigenvalue weighted by molar-refractivity contribution is 6.00. The summed E-state index contributed by atoms with van der Waals surface area (Å²) >= 11 is 0. The molecule has 1 saturated heterocycles. The standard InChI is InChI=1S/C13H15N3O/c1-10(17)12-9-14-16-7-4-11(8-13(12)16)15-5-2-3-6-15/h4,7-9H,2-3,5-6H2,1H3. The van der Waals surface area contributed by atoms with Crippen LogP contribution in [-0.2, 0) is 0 Å². The summed E-state index contributed by atoms with van der Waals surface area (Å²) in [6, 6.07) is 4.13. The third kappa shape index (κ3) is 1.69. The first-order valence-corrected chi connectivity index (χ1v) is 5.99. The van der Waals surface area contributed by atoms with Crippen molar-refractivity contribution in [1.29, 1.82) is 0 Å². The molecule has 0 radical (unpaired) electrons. The van der Waals surface area contributed by atoms with Gasteiger partial charge in [-0.05, 0) is 31.9 Å². The zero-order chi connectivity index (χ0) is 11.8. The molecule has 88 valence electrons. The lowest BCUT2D eigenvalue weighted by Gasteiger charge is -2.17. The van der Waals surface area contributed by atoms with Crippen LogP contribution in [-0.4, -0.2) is 28.5 Å². The molecule has 3 rings (SSSR count). The molecular weight excluding hydrogens is 214 g/mol. The third-order valence-electron chi connectivity index (χ3n) is 3.36. The van der Waals surface area contributed by atoms with Crippen LogP contribution >= 0.6 is 0 Å². The quantitative estimate of drug-likeness (QED) is 0.740. The highest BCUT2D eigenvalue weighted by Gasteiger charge is 2.14. The lowest BCUT2D eigenvalue weighted by atomic mass is 10.2. The Morgan fingerprint density at radius 3 is 2.82 bits per heavy atom. The van der Waals surface area contributed by atoms with Crippen LogP contribution in [0.25, 0.3) is 5.52 Å². The van der Waals surface area contributed by atoms with Crippen LogP contribution in [0.4, 0.5) is 5.69 Å². The van der Waals surface area contributed by atoms with E-state index >= 15 is 0 Å². The SMILES string of the molecule is CC(=O)c1cnn2ccc(N3CCCC3)cc12. The molecule has 2 aromatic heterocycles. The first-order valence-electron chi connectivity index (χ1n) is 5.99. The second-order valence-electron chi connectivity index (χ2n) is 4.52. The molecule has 4 nitrogen and oxygen atoms in total. The largest absolute Gasteiger partial charge is 0.371 e. The van der Waals surface area contributed by atoms with Crippen molar-refractivity contribution in [2.45, 2.75) is 19.8 Å². The molecule has 3 heterocycles. The van der Waals surface area contributed by atoms with Crippen molar-refractivity contribution >= 4 is 17.0 Å². The van der Waals surface area contributed by atoms with Gasteiger partial charge in [0.05, 0.1) is 17.3 Å². The van der Waals surface area contributed by atoms with Crippen LogP contribution in [0.5, 0.6) is 0 Å². The van der Waals surface area contributed by atoms with Crippen LogP contribution in [0, 0.1) is 0 Å². The summed E-state index contributed by atoms with van der Waals surface area (Å²) in [5.74, 6) is 0.0681. The number of ketones is 1. The Morgan fingerprint density at radius 1 is 1.35 bits per heavy atom. The van der Waals surface area contributed by atoms with Crippen molar-refractivity contribution in [3.63, 3.8) is 0 Å². The number of fused-ring (bicyclic) bond motifs is 1. The molecule has 0 aromatic carbocycles. The molecule has 0 N–H and O–H groups in total. The second kappa shape index (κ2) is 3.87. The molecule has 0 unspecified atom stereocenters. The maximum Gasteiger partial charge on any atom is 0.163 e. The third-order valence-corrected chi connectivity index (χ3v) is 3.36. The maximum absolute atomic E-state index is 11.5. The smallest absolute Gasteiger partial charge is 0.163 e. The van der Waals surface area contributed by atoms with Crippen molar-refractivity contribution < 1.29 is 4.79 Å². The first-order chi connectivity index (χ1) is 8.25. The van der Waals surface area contributed by atoms with E-state index in [0.717, 1.165) is 18.6 Å². The fraction of sp³-hybridized carbons (Fsp3) is 0.385. The predicted octanol–water partition coefficient (Wildman–Crippen LogP) is 2.14. The fourth-order valence-electron chi connectivity index (χ4n) is 2.41. The Morgan fingerprint density at radius 2 is 2.12 bits per heavy atom. The van der Waals surface area contributed by atoms with Gasteiger partial charge in [0.25, 0.3) is 0 Å². The summed E-state index contributed by atoms with van der Waals surface area (Å²) < 4.78 is 1.76. The minimum absolute atomic E-state index is 0.0681. The van der Waals surface area contributed by atoms with Crippen LogP contribution in [0.3, 0.4) is 0 Å². The molecular formula is C13H15N3O. The van der Waals surface area contributed by atoms with Crippen LogP contribution in [0.2, 0.25) is 0 Å². The second-order valence-corrected chi connectivity index (χ2v) is 4.52. The lowest BCUT2D eigenvalue weighted by Crippen LogP contribution is -2.17. The number of carbonyl (C=O) groups is 1. The van der Waals surface area contributed by atoms with Gasteiger partial charge in [0, 0.05) is 25.0 Å². The average Bonchev–Trinajstić information content (AvgIpc) is 2.97. The van der Waals surface area contributed by atoms with E-state index < -0.39 is 0 Å². The molecule has 0 bridgehead atoms. The zero-order valence-electron chi connectivity index (χ0n) is 9.89. The van der Waals surface area contributed by atoms with E-state index in [9.17, 15) is 4.79 Å². The van der Waals surface area contributed by atoms with E-state index in [4.69, 9.17) is 0 Å². The van der Waals surface area contributed by atoms with Gasteiger partial charge in [-0.15, -0.1) is 0 Å². The summed E-state index contributed by atoms with van der Waals surface area (Å²) in [5, 5.41) is 4.18.